The van der Waals surface area contributed by atoms with E-state index >= 15 is 0 Å². The van der Waals surface area contributed by atoms with Crippen molar-refractivity contribution in [2.75, 3.05) is 19.7 Å². The van der Waals surface area contributed by atoms with E-state index in [1.165, 1.54) is 0 Å². The Kier molecular flexibility index (Phi) is 5.40. The number of carboxylic acid groups (broad SMARTS) is 1. The lowest BCUT2D eigenvalue weighted by Crippen LogP contribution is -2.49. The Hall–Kier alpha value is -1.56. The van der Waals surface area contributed by atoms with Gasteiger partial charge in [0.15, 0.2) is 0 Å². The summed E-state index contributed by atoms with van der Waals surface area (Å²) in [5.41, 5.74) is 0. The average Bonchev–Trinajstić information content (AvgIpc) is 2.46. The smallest absolute Gasteiger partial charge is 0.329 e. The van der Waals surface area contributed by atoms with Gasteiger partial charge < -0.3 is 20.1 Å². The molecule has 112 valence electrons. The number of ether oxygens (including phenoxy) is 1. The zero-order valence-electron chi connectivity index (χ0n) is 11.6. The summed E-state index contributed by atoms with van der Waals surface area (Å²) in [6.07, 6.45) is 8.54. The molecule has 2 aliphatic rings. The second-order valence-corrected chi connectivity index (χ2v) is 5.32. The fourth-order valence-corrected chi connectivity index (χ4v) is 2.61. The molecule has 1 heterocycles. The standard InChI is InChI=1S/C14H22N2O4/c17-13(18)10-20-12-6-8-16(9-7-12)14(19)15-11-4-2-1-3-5-11/h1-2,11-12H,3-10H2,(H,15,19)(H,17,18). The zero-order valence-corrected chi connectivity index (χ0v) is 11.6. The van der Waals surface area contributed by atoms with Crippen molar-refractivity contribution in [2.24, 2.45) is 0 Å². The van der Waals surface area contributed by atoms with E-state index in [0.29, 0.717) is 25.9 Å². The summed E-state index contributed by atoms with van der Waals surface area (Å²) in [6.45, 7) is 0.989. The summed E-state index contributed by atoms with van der Waals surface area (Å²) >= 11 is 0. The van der Waals surface area contributed by atoms with Crippen LogP contribution in [-0.4, -0.2) is 53.8 Å². The van der Waals surface area contributed by atoms with Gasteiger partial charge in [0.1, 0.15) is 6.61 Å². The third-order valence-electron chi connectivity index (χ3n) is 3.77. The van der Waals surface area contributed by atoms with Crippen molar-refractivity contribution in [1.82, 2.24) is 10.2 Å². The number of likely N-dealkylation sites (tertiary alicyclic amines) is 1. The summed E-state index contributed by atoms with van der Waals surface area (Å²) < 4.78 is 5.26. The number of carbonyl (C=O) groups excluding carboxylic acids is 1. The minimum Gasteiger partial charge on any atom is -0.480 e. The van der Waals surface area contributed by atoms with Crippen LogP contribution < -0.4 is 5.32 Å². The molecule has 2 N–H and O–H groups in total. The molecule has 1 atom stereocenters. The quantitative estimate of drug-likeness (QED) is 0.763. The van der Waals surface area contributed by atoms with Gasteiger partial charge >= 0.3 is 12.0 Å². The number of piperidine rings is 1. The second kappa shape index (κ2) is 7.28. The topological polar surface area (TPSA) is 78.9 Å². The number of hydrogen-bond acceptors (Lipinski definition) is 3. The van der Waals surface area contributed by atoms with Crippen LogP contribution in [0.3, 0.4) is 0 Å². The van der Waals surface area contributed by atoms with Crippen LogP contribution in [0.25, 0.3) is 0 Å². The van der Waals surface area contributed by atoms with Crippen molar-refractivity contribution in [3.63, 3.8) is 0 Å². The highest BCUT2D eigenvalue weighted by Crippen LogP contribution is 2.15. The Bertz CT molecular complexity index is 375. The molecule has 1 aliphatic heterocycles. The molecule has 2 rings (SSSR count). The molecule has 1 aliphatic carbocycles. The van der Waals surface area contributed by atoms with Crippen LogP contribution in [0.5, 0.6) is 0 Å². The number of rotatable bonds is 4. The molecule has 0 aromatic heterocycles. The predicted molar refractivity (Wildman–Crippen MR) is 73.5 cm³/mol. The molecule has 0 radical (unpaired) electrons. The van der Waals surface area contributed by atoms with E-state index in [0.717, 1.165) is 19.3 Å². The van der Waals surface area contributed by atoms with E-state index in [-0.39, 0.29) is 24.8 Å². The van der Waals surface area contributed by atoms with Crippen molar-refractivity contribution in [3.05, 3.63) is 12.2 Å². The average molecular weight is 282 g/mol. The van der Waals surface area contributed by atoms with Gasteiger partial charge in [-0.05, 0) is 32.1 Å². The summed E-state index contributed by atoms with van der Waals surface area (Å²) in [6, 6.07) is 0.232. The van der Waals surface area contributed by atoms with Gasteiger partial charge in [0.2, 0.25) is 0 Å². The number of carbonyl (C=O) groups is 2. The van der Waals surface area contributed by atoms with Gasteiger partial charge in [-0.3, -0.25) is 0 Å². The Morgan fingerprint density at radius 1 is 1.25 bits per heavy atom. The summed E-state index contributed by atoms with van der Waals surface area (Å²) in [5, 5.41) is 11.6. The molecule has 2 amide bonds. The summed E-state index contributed by atoms with van der Waals surface area (Å²) in [5.74, 6) is -0.949. The van der Waals surface area contributed by atoms with Crippen LogP contribution in [-0.2, 0) is 9.53 Å². The van der Waals surface area contributed by atoms with Gasteiger partial charge in [-0.15, -0.1) is 0 Å². The number of aliphatic carboxylic acids is 1. The van der Waals surface area contributed by atoms with E-state index in [1.54, 1.807) is 4.90 Å². The van der Waals surface area contributed by atoms with E-state index in [9.17, 15) is 9.59 Å². The second-order valence-electron chi connectivity index (χ2n) is 5.32. The molecular formula is C14H22N2O4. The van der Waals surface area contributed by atoms with Gasteiger partial charge in [-0.1, -0.05) is 12.2 Å². The SMILES string of the molecule is O=C(O)COC1CCN(C(=O)NC2CC=CCC2)CC1. The summed E-state index contributed by atoms with van der Waals surface area (Å²) in [7, 11) is 0. The number of nitrogens with one attached hydrogen (secondary N) is 1. The Morgan fingerprint density at radius 3 is 2.60 bits per heavy atom. The third kappa shape index (κ3) is 4.52. The minimum atomic E-state index is -0.949. The first-order chi connectivity index (χ1) is 9.65. The lowest BCUT2D eigenvalue weighted by Gasteiger charge is -2.33. The Morgan fingerprint density at radius 2 is 2.00 bits per heavy atom. The molecule has 1 unspecified atom stereocenters. The molecule has 0 saturated carbocycles. The number of allylic oxidation sites excluding steroid dienone is 1. The molecule has 1 saturated heterocycles. The van der Waals surface area contributed by atoms with Crippen LogP contribution in [0.2, 0.25) is 0 Å². The highest BCUT2D eigenvalue weighted by Gasteiger charge is 2.25. The first-order valence-electron chi connectivity index (χ1n) is 7.19. The minimum absolute atomic E-state index is 0.0121. The molecule has 0 spiro atoms. The Balaban J connectivity index is 1.68. The van der Waals surface area contributed by atoms with Crippen LogP contribution in [0.4, 0.5) is 4.79 Å². The number of carboxylic acids is 1. The monoisotopic (exact) mass is 282 g/mol. The highest BCUT2D eigenvalue weighted by atomic mass is 16.5. The Labute approximate surface area is 118 Å². The fourth-order valence-electron chi connectivity index (χ4n) is 2.61. The highest BCUT2D eigenvalue weighted by molar-refractivity contribution is 5.74. The normalized spacial score (nSPS) is 23.6. The van der Waals surface area contributed by atoms with E-state index in [1.807, 2.05) is 0 Å². The lowest BCUT2D eigenvalue weighted by molar-refractivity contribution is -0.145. The largest absolute Gasteiger partial charge is 0.480 e. The number of amides is 2. The van der Waals surface area contributed by atoms with E-state index in [2.05, 4.69) is 17.5 Å². The van der Waals surface area contributed by atoms with Crippen molar-refractivity contribution >= 4 is 12.0 Å². The number of nitrogens with zero attached hydrogens (tertiary/aromatic N) is 1. The third-order valence-corrected chi connectivity index (χ3v) is 3.77. The van der Waals surface area contributed by atoms with Crippen molar-refractivity contribution in [3.8, 4) is 0 Å². The van der Waals surface area contributed by atoms with Crippen LogP contribution in [0, 0.1) is 0 Å². The van der Waals surface area contributed by atoms with Crippen LogP contribution >= 0.6 is 0 Å². The molecule has 0 aromatic carbocycles. The molecule has 0 aromatic rings. The fraction of sp³-hybridized carbons (Fsp3) is 0.714. The van der Waals surface area contributed by atoms with Crippen molar-refractivity contribution in [1.29, 1.82) is 0 Å². The van der Waals surface area contributed by atoms with Gasteiger partial charge in [0.25, 0.3) is 0 Å². The van der Waals surface area contributed by atoms with E-state index in [4.69, 9.17) is 9.84 Å². The maximum absolute atomic E-state index is 12.1. The molecular weight excluding hydrogens is 260 g/mol. The van der Waals surface area contributed by atoms with Gasteiger partial charge in [0.05, 0.1) is 6.10 Å². The molecule has 6 heteroatoms. The molecule has 1 fully saturated rings. The van der Waals surface area contributed by atoms with Crippen molar-refractivity contribution in [2.45, 2.75) is 44.2 Å². The number of urea groups is 1. The first-order valence-corrected chi connectivity index (χ1v) is 7.19. The predicted octanol–water partition coefficient (Wildman–Crippen LogP) is 1.37. The first kappa shape index (κ1) is 14.8. The maximum Gasteiger partial charge on any atom is 0.329 e. The van der Waals surface area contributed by atoms with Gasteiger partial charge in [-0.25, -0.2) is 9.59 Å². The van der Waals surface area contributed by atoms with Gasteiger partial charge in [0, 0.05) is 19.1 Å². The maximum atomic E-state index is 12.1. The van der Waals surface area contributed by atoms with Crippen molar-refractivity contribution < 1.29 is 19.4 Å². The molecule has 6 nitrogen and oxygen atoms in total. The zero-order chi connectivity index (χ0) is 14.4. The van der Waals surface area contributed by atoms with Crippen LogP contribution in [0.15, 0.2) is 12.2 Å². The number of hydrogen-bond donors (Lipinski definition) is 2. The van der Waals surface area contributed by atoms with Crippen LogP contribution in [0.1, 0.15) is 32.1 Å². The molecule has 20 heavy (non-hydrogen) atoms. The summed E-state index contributed by atoms with van der Waals surface area (Å²) in [4.78, 5) is 24.3. The van der Waals surface area contributed by atoms with Gasteiger partial charge in [-0.2, -0.15) is 0 Å². The molecule has 0 bridgehead atoms. The lowest BCUT2D eigenvalue weighted by atomic mass is 10.0. The van der Waals surface area contributed by atoms with E-state index < -0.39 is 5.97 Å².